The Labute approximate surface area is 119 Å². The van der Waals surface area contributed by atoms with Gasteiger partial charge < -0.3 is 19.7 Å². The Bertz CT molecular complexity index is 413. The second-order valence-corrected chi connectivity index (χ2v) is 4.68. The Morgan fingerprint density at radius 2 is 2.55 bits per heavy atom. The van der Waals surface area contributed by atoms with Gasteiger partial charge in [-0.25, -0.2) is 4.79 Å². The maximum absolute atomic E-state index is 12.0. The molecule has 110 valence electrons. The van der Waals surface area contributed by atoms with Crippen molar-refractivity contribution in [1.82, 2.24) is 15.2 Å². The summed E-state index contributed by atoms with van der Waals surface area (Å²) in [6.07, 6.45) is 4.10. The van der Waals surface area contributed by atoms with Crippen molar-refractivity contribution in [3.63, 3.8) is 0 Å². The molecule has 1 aliphatic heterocycles. The van der Waals surface area contributed by atoms with E-state index in [1.807, 2.05) is 19.1 Å². The number of hydrogen-bond donors (Lipinski definition) is 1. The highest BCUT2D eigenvalue weighted by Crippen LogP contribution is 2.12. The minimum atomic E-state index is -0.172. The third kappa shape index (κ3) is 4.38. The first-order valence-electron chi connectivity index (χ1n) is 6.96. The predicted molar refractivity (Wildman–Crippen MR) is 74.7 cm³/mol. The zero-order valence-corrected chi connectivity index (χ0v) is 11.7. The highest BCUT2D eigenvalue weighted by Gasteiger charge is 2.23. The average Bonchev–Trinajstić information content (AvgIpc) is 2.71. The minimum Gasteiger partial charge on any atom is -0.485 e. The second kappa shape index (κ2) is 7.69. The van der Waals surface area contributed by atoms with Crippen LogP contribution in [0.4, 0.5) is 4.79 Å². The van der Waals surface area contributed by atoms with Gasteiger partial charge in [0, 0.05) is 19.3 Å². The molecular weight excluding hydrogens is 258 g/mol. The quantitative estimate of drug-likeness (QED) is 0.902. The van der Waals surface area contributed by atoms with E-state index in [4.69, 9.17) is 9.47 Å². The van der Waals surface area contributed by atoms with Crippen LogP contribution in [0.15, 0.2) is 24.5 Å². The van der Waals surface area contributed by atoms with E-state index in [1.165, 1.54) is 0 Å². The Morgan fingerprint density at radius 3 is 3.30 bits per heavy atom. The molecule has 1 fully saturated rings. The number of nitrogens with one attached hydrogen (secondary N) is 1. The molecule has 0 spiro atoms. The molecule has 20 heavy (non-hydrogen) atoms. The summed E-state index contributed by atoms with van der Waals surface area (Å²) in [7, 11) is 0. The molecule has 2 rings (SSSR count). The number of nitrogens with zero attached hydrogens (tertiary/aromatic N) is 2. The van der Waals surface area contributed by atoms with Gasteiger partial charge in [0.1, 0.15) is 11.9 Å². The third-order valence-electron chi connectivity index (χ3n) is 2.98. The van der Waals surface area contributed by atoms with Gasteiger partial charge in [0.15, 0.2) is 0 Å². The molecule has 1 aromatic rings. The van der Waals surface area contributed by atoms with Crippen molar-refractivity contribution in [2.75, 3.05) is 32.8 Å². The first kappa shape index (κ1) is 14.6. The summed E-state index contributed by atoms with van der Waals surface area (Å²) in [4.78, 5) is 17.7. The molecule has 0 bridgehead atoms. The van der Waals surface area contributed by atoms with Gasteiger partial charge in [-0.2, -0.15) is 0 Å². The monoisotopic (exact) mass is 279 g/mol. The molecule has 1 N–H and O–H groups in total. The van der Waals surface area contributed by atoms with Gasteiger partial charge in [-0.15, -0.1) is 0 Å². The van der Waals surface area contributed by atoms with Crippen molar-refractivity contribution >= 4 is 6.03 Å². The Kier molecular flexibility index (Phi) is 5.61. The van der Waals surface area contributed by atoms with E-state index in [1.54, 1.807) is 17.3 Å². The largest absolute Gasteiger partial charge is 0.485 e. The number of urea groups is 1. The fourth-order valence-electron chi connectivity index (χ4n) is 1.99. The van der Waals surface area contributed by atoms with Gasteiger partial charge in [0.25, 0.3) is 0 Å². The zero-order chi connectivity index (χ0) is 14.2. The second-order valence-electron chi connectivity index (χ2n) is 4.68. The normalized spacial score (nSPS) is 19.2. The lowest BCUT2D eigenvalue weighted by Gasteiger charge is -2.24. The summed E-state index contributed by atoms with van der Waals surface area (Å²) >= 11 is 0. The Hall–Kier alpha value is -1.82. The van der Waals surface area contributed by atoms with Crippen molar-refractivity contribution in [2.24, 2.45) is 0 Å². The number of hydrogen-bond acceptors (Lipinski definition) is 4. The van der Waals surface area contributed by atoms with Gasteiger partial charge in [0.05, 0.1) is 26.0 Å². The van der Waals surface area contributed by atoms with Crippen LogP contribution in [0, 0.1) is 0 Å². The molecule has 0 unspecified atom stereocenters. The van der Waals surface area contributed by atoms with Crippen molar-refractivity contribution in [2.45, 2.75) is 19.4 Å². The number of ether oxygens (including phenoxy) is 2. The van der Waals surface area contributed by atoms with E-state index in [2.05, 4.69) is 10.3 Å². The maximum Gasteiger partial charge on any atom is 0.317 e. The van der Waals surface area contributed by atoms with E-state index in [0.717, 1.165) is 6.42 Å². The van der Waals surface area contributed by atoms with Crippen molar-refractivity contribution in [3.05, 3.63) is 24.5 Å². The van der Waals surface area contributed by atoms with Gasteiger partial charge in [-0.1, -0.05) is 6.92 Å². The molecule has 0 aliphatic carbocycles. The van der Waals surface area contributed by atoms with Crippen molar-refractivity contribution in [1.29, 1.82) is 0 Å². The molecule has 0 saturated carbocycles. The first-order valence-corrected chi connectivity index (χ1v) is 6.96. The van der Waals surface area contributed by atoms with E-state index in [-0.39, 0.29) is 12.1 Å². The van der Waals surface area contributed by atoms with Gasteiger partial charge in [-0.05, 0) is 18.6 Å². The van der Waals surface area contributed by atoms with Gasteiger partial charge >= 0.3 is 6.03 Å². The summed E-state index contributed by atoms with van der Waals surface area (Å²) in [5.41, 5.74) is 0. The molecule has 1 aliphatic rings. The minimum absolute atomic E-state index is 0.0582. The fourth-order valence-corrected chi connectivity index (χ4v) is 1.99. The van der Waals surface area contributed by atoms with Crippen molar-refractivity contribution < 1.29 is 14.3 Å². The van der Waals surface area contributed by atoms with E-state index >= 15 is 0 Å². The summed E-state index contributed by atoms with van der Waals surface area (Å²) in [5.74, 6) is 0.692. The van der Waals surface area contributed by atoms with Crippen LogP contribution in [0.1, 0.15) is 13.3 Å². The molecule has 6 heteroatoms. The number of rotatable bonds is 4. The molecule has 1 saturated heterocycles. The highest BCUT2D eigenvalue weighted by atomic mass is 16.5. The Balaban J connectivity index is 1.91. The summed E-state index contributed by atoms with van der Waals surface area (Å²) in [5, 5.41) is 2.88. The average molecular weight is 279 g/mol. The predicted octanol–water partition coefficient (Wildman–Crippen LogP) is 1.28. The molecule has 2 heterocycles. The molecule has 6 nitrogen and oxygen atoms in total. The maximum atomic E-state index is 12.0. The summed E-state index contributed by atoms with van der Waals surface area (Å²) in [6, 6.07) is 3.61. The number of amides is 2. The standard InChI is InChI=1S/C14H21N3O3/c1-2-5-16-14(18)17-7-8-19-11-13(10-17)20-12-4-3-6-15-9-12/h3-4,6,9,13H,2,5,7-8,10-11H2,1H3,(H,16,18)/t13-/m1/s1. The fraction of sp³-hybridized carbons (Fsp3) is 0.571. The van der Waals surface area contributed by atoms with Crippen LogP contribution in [-0.2, 0) is 4.74 Å². The number of carbonyl (C=O) groups is 1. The van der Waals surface area contributed by atoms with E-state index in [0.29, 0.717) is 38.6 Å². The topological polar surface area (TPSA) is 63.7 Å². The van der Waals surface area contributed by atoms with Crippen LogP contribution >= 0.6 is 0 Å². The van der Waals surface area contributed by atoms with E-state index < -0.39 is 0 Å². The SMILES string of the molecule is CCCNC(=O)N1CCOC[C@H](Oc2cccnc2)C1. The van der Waals surface area contributed by atoms with Crippen LogP contribution in [-0.4, -0.2) is 54.9 Å². The molecule has 0 aromatic carbocycles. The van der Waals surface area contributed by atoms with E-state index in [9.17, 15) is 4.79 Å². The molecular formula is C14H21N3O3. The van der Waals surface area contributed by atoms with Crippen LogP contribution in [0.2, 0.25) is 0 Å². The van der Waals surface area contributed by atoms with Gasteiger partial charge in [-0.3, -0.25) is 4.98 Å². The lowest BCUT2D eigenvalue weighted by atomic mass is 10.3. The Morgan fingerprint density at radius 1 is 1.65 bits per heavy atom. The van der Waals surface area contributed by atoms with Crippen LogP contribution < -0.4 is 10.1 Å². The zero-order valence-electron chi connectivity index (χ0n) is 11.7. The molecule has 1 aromatic heterocycles. The number of carbonyl (C=O) groups excluding carboxylic acids is 1. The number of aromatic nitrogens is 1. The molecule has 2 amide bonds. The smallest absolute Gasteiger partial charge is 0.317 e. The van der Waals surface area contributed by atoms with Gasteiger partial charge in [0.2, 0.25) is 0 Å². The number of pyridine rings is 1. The third-order valence-corrected chi connectivity index (χ3v) is 2.98. The van der Waals surface area contributed by atoms with Crippen LogP contribution in [0.3, 0.4) is 0 Å². The lowest BCUT2D eigenvalue weighted by Crippen LogP contribution is -2.45. The lowest BCUT2D eigenvalue weighted by molar-refractivity contribution is 0.0715. The summed E-state index contributed by atoms with van der Waals surface area (Å²) in [6.45, 7) is 4.83. The first-order chi connectivity index (χ1) is 9.79. The van der Waals surface area contributed by atoms with Crippen LogP contribution in [0.5, 0.6) is 5.75 Å². The summed E-state index contributed by atoms with van der Waals surface area (Å²) < 4.78 is 11.3. The highest BCUT2D eigenvalue weighted by molar-refractivity contribution is 5.74. The van der Waals surface area contributed by atoms with Crippen molar-refractivity contribution in [3.8, 4) is 5.75 Å². The molecule has 1 atom stereocenters. The van der Waals surface area contributed by atoms with Crippen LogP contribution in [0.25, 0.3) is 0 Å². The molecule has 0 radical (unpaired) electrons.